The predicted octanol–water partition coefficient (Wildman–Crippen LogP) is 4.14. The number of aromatic nitrogens is 2. The highest BCUT2D eigenvalue weighted by Crippen LogP contribution is 2.31. The second-order valence-electron chi connectivity index (χ2n) is 7.82. The Balaban J connectivity index is 1.68. The molecular weight excluding hydrogens is 421 g/mol. The highest BCUT2D eigenvalue weighted by molar-refractivity contribution is 5.86. The summed E-state index contributed by atoms with van der Waals surface area (Å²) in [5.41, 5.74) is 2.73. The molecule has 0 radical (unpaired) electrons. The second kappa shape index (κ2) is 10.1. The molecule has 1 aliphatic heterocycles. The Morgan fingerprint density at radius 3 is 2.79 bits per heavy atom. The van der Waals surface area contributed by atoms with Crippen LogP contribution in [0.15, 0.2) is 71.7 Å². The van der Waals surface area contributed by atoms with E-state index in [1.54, 1.807) is 18.0 Å². The highest BCUT2D eigenvalue weighted by Gasteiger charge is 2.23. The summed E-state index contributed by atoms with van der Waals surface area (Å²) in [6, 6.07) is 16.6. The number of nitrogens with zero attached hydrogens (tertiary/aromatic N) is 3. The van der Waals surface area contributed by atoms with Crippen molar-refractivity contribution < 1.29 is 9.13 Å². The van der Waals surface area contributed by atoms with E-state index in [0.717, 1.165) is 30.6 Å². The lowest BCUT2D eigenvalue weighted by Crippen LogP contribution is -2.21. The van der Waals surface area contributed by atoms with E-state index in [4.69, 9.17) is 10.1 Å². The van der Waals surface area contributed by atoms with E-state index in [1.165, 1.54) is 12.1 Å². The minimum absolute atomic E-state index is 0.0648. The van der Waals surface area contributed by atoms with Gasteiger partial charge >= 0.3 is 0 Å². The molecule has 4 rings (SSSR count). The van der Waals surface area contributed by atoms with Crippen molar-refractivity contribution in [3.63, 3.8) is 0 Å². The summed E-state index contributed by atoms with van der Waals surface area (Å²) in [5.74, 6) is 0.655. The molecule has 2 N–H and O–H groups in total. The summed E-state index contributed by atoms with van der Waals surface area (Å²) >= 11 is 0. The average Bonchev–Trinajstić information content (AvgIpc) is 3.34. The van der Waals surface area contributed by atoms with Gasteiger partial charge in [0, 0.05) is 54.9 Å². The third-order valence-corrected chi connectivity index (χ3v) is 5.65. The number of hydrogen-bond acceptors (Lipinski definition) is 6. The third kappa shape index (κ3) is 4.95. The summed E-state index contributed by atoms with van der Waals surface area (Å²) in [6.07, 6.45) is 5.03. The van der Waals surface area contributed by atoms with Crippen molar-refractivity contribution in [1.29, 1.82) is 5.41 Å². The highest BCUT2D eigenvalue weighted by atomic mass is 19.1. The van der Waals surface area contributed by atoms with Crippen molar-refractivity contribution in [2.24, 2.45) is 5.92 Å². The molecule has 3 aromatic rings. The first-order valence-electron chi connectivity index (χ1n) is 10.8. The van der Waals surface area contributed by atoms with Crippen molar-refractivity contribution >= 4 is 23.3 Å². The molecule has 0 aliphatic carbocycles. The molecule has 7 nitrogen and oxygen atoms in total. The van der Waals surface area contributed by atoms with Gasteiger partial charge in [-0.3, -0.25) is 9.18 Å². The Kier molecular flexibility index (Phi) is 6.83. The average molecular weight is 448 g/mol. The lowest BCUT2D eigenvalue weighted by atomic mass is 10.1. The van der Waals surface area contributed by atoms with E-state index in [9.17, 15) is 9.18 Å². The third-order valence-electron chi connectivity index (χ3n) is 5.65. The standard InChI is InChI=1S/C25H26FN5O2/c1-33-24-15-20(30-13-10-18(16-26)17-30)7-8-22(24)31-14-11-23(32)25(29-31)21(9-12-27)28-19-5-3-2-4-6-19/h2-9,11-12,14-15,18,27-28H,10,13,16-17H2,1H3/b21-9-,27-12?. The first-order chi connectivity index (χ1) is 16.1. The van der Waals surface area contributed by atoms with Gasteiger partial charge in [0.2, 0.25) is 5.43 Å². The smallest absolute Gasteiger partial charge is 0.209 e. The molecule has 8 heteroatoms. The molecule has 1 atom stereocenters. The maximum atomic E-state index is 13.0. The Morgan fingerprint density at radius 1 is 1.27 bits per heavy atom. The van der Waals surface area contributed by atoms with Crippen LogP contribution in [0.5, 0.6) is 5.75 Å². The molecular formula is C25H26FN5O2. The van der Waals surface area contributed by atoms with Crippen LogP contribution in [0.3, 0.4) is 0 Å². The number of alkyl halides is 1. The number of rotatable bonds is 8. The monoisotopic (exact) mass is 447 g/mol. The van der Waals surface area contributed by atoms with Crippen LogP contribution < -0.4 is 20.4 Å². The quantitative estimate of drug-likeness (QED) is 0.507. The molecule has 0 amide bonds. The Labute approximate surface area is 191 Å². The van der Waals surface area contributed by atoms with Gasteiger partial charge in [0.15, 0.2) is 5.69 Å². The number of para-hydroxylation sites is 1. The lowest BCUT2D eigenvalue weighted by molar-refractivity contribution is 0.384. The van der Waals surface area contributed by atoms with Crippen molar-refractivity contribution in [1.82, 2.24) is 9.78 Å². The van der Waals surface area contributed by atoms with Crippen LogP contribution in [0.1, 0.15) is 12.1 Å². The van der Waals surface area contributed by atoms with Crippen LogP contribution in [0, 0.1) is 11.3 Å². The van der Waals surface area contributed by atoms with E-state index < -0.39 is 0 Å². The van der Waals surface area contributed by atoms with Crippen LogP contribution in [0.25, 0.3) is 11.4 Å². The van der Waals surface area contributed by atoms with Crippen molar-refractivity contribution in [2.45, 2.75) is 6.42 Å². The molecule has 1 aliphatic rings. The summed E-state index contributed by atoms with van der Waals surface area (Å²) in [5, 5.41) is 15.2. The van der Waals surface area contributed by atoms with Gasteiger partial charge in [-0.2, -0.15) is 5.10 Å². The van der Waals surface area contributed by atoms with E-state index in [1.807, 2.05) is 48.5 Å². The first-order valence-corrected chi connectivity index (χ1v) is 10.8. The van der Waals surface area contributed by atoms with Gasteiger partial charge in [-0.15, -0.1) is 0 Å². The molecule has 1 aromatic heterocycles. The summed E-state index contributed by atoms with van der Waals surface area (Å²) < 4.78 is 20.2. The number of halogens is 1. The molecule has 2 aromatic carbocycles. The van der Waals surface area contributed by atoms with Crippen LogP contribution >= 0.6 is 0 Å². The number of benzene rings is 2. The lowest BCUT2D eigenvalue weighted by Gasteiger charge is -2.21. The number of nitrogens with one attached hydrogen (secondary N) is 2. The summed E-state index contributed by atoms with van der Waals surface area (Å²) in [4.78, 5) is 14.8. The van der Waals surface area contributed by atoms with Gasteiger partial charge in [-0.1, -0.05) is 18.2 Å². The fourth-order valence-electron chi connectivity index (χ4n) is 3.91. The van der Waals surface area contributed by atoms with Gasteiger partial charge in [-0.05, 0) is 36.8 Å². The Hall–Kier alpha value is -3.94. The molecule has 0 saturated carbocycles. The second-order valence-corrected chi connectivity index (χ2v) is 7.82. The zero-order valence-corrected chi connectivity index (χ0v) is 18.4. The van der Waals surface area contributed by atoms with Gasteiger partial charge in [0.1, 0.15) is 11.4 Å². The van der Waals surface area contributed by atoms with E-state index in [0.29, 0.717) is 23.7 Å². The summed E-state index contributed by atoms with van der Waals surface area (Å²) in [7, 11) is 1.58. The topological polar surface area (TPSA) is 83.2 Å². The normalized spacial score (nSPS) is 16.0. The first kappa shape index (κ1) is 22.3. The zero-order valence-electron chi connectivity index (χ0n) is 18.4. The van der Waals surface area contributed by atoms with Crippen LogP contribution in [-0.2, 0) is 0 Å². The van der Waals surface area contributed by atoms with Crippen LogP contribution in [0.2, 0.25) is 0 Å². The molecule has 1 saturated heterocycles. The van der Waals surface area contributed by atoms with Crippen LogP contribution in [0.4, 0.5) is 15.8 Å². The number of ether oxygens (including phenoxy) is 1. The largest absolute Gasteiger partial charge is 0.494 e. The minimum atomic E-state index is -0.307. The summed E-state index contributed by atoms with van der Waals surface area (Å²) in [6.45, 7) is 1.18. The molecule has 2 heterocycles. The Bertz CT molecular complexity index is 1210. The Morgan fingerprint density at radius 2 is 2.09 bits per heavy atom. The zero-order chi connectivity index (χ0) is 23.2. The van der Waals surface area contributed by atoms with E-state index >= 15 is 0 Å². The van der Waals surface area contributed by atoms with Crippen molar-refractivity contribution in [2.75, 3.05) is 37.1 Å². The fraction of sp³-hybridized carbons (Fsp3) is 0.240. The molecule has 33 heavy (non-hydrogen) atoms. The fourth-order valence-corrected chi connectivity index (χ4v) is 3.91. The number of allylic oxidation sites excluding steroid dienone is 1. The molecule has 0 spiro atoms. The van der Waals surface area contributed by atoms with Gasteiger partial charge in [-0.25, -0.2) is 4.68 Å². The van der Waals surface area contributed by atoms with Crippen molar-refractivity contribution in [3.8, 4) is 11.4 Å². The number of anilines is 2. The van der Waals surface area contributed by atoms with Gasteiger partial charge < -0.3 is 20.4 Å². The molecule has 1 fully saturated rings. The minimum Gasteiger partial charge on any atom is -0.494 e. The molecule has 0 bridgehead atoms. The van der Waals surface area contributed by atoms with Crippen molar-refractivity contribution in [3.05, 3.63) is 82.8 Å². The van der Waals surface area contributed by atoms with Crippen LogP contribution in [-0.4, -0.2) is 42.9 Å². The predicted molar refractivity (Wildman–Crippen MR) is 130 cm³/mol. The molecule has 1 unspecified atom stereocenters. The number of methoxy groups -OCH3 is 1. The SMILES string of the molecule is COc1cc(N2CCC(CF)C2)ccc1-n1ccc(=O)c(/C(=C/C=N)Nc2ccccc2)n1. The van der Waals surface area contributed by atoms with E-state index in [2.05, 4.69) is 15.3 Å². The molecule has 170 valence electrons. The van der Waals surface area contributed by atoms with E-state index in [-0.39, 0.29) is 23.7 Å². The maximum Gasteiger partial charge on any atom is 0.209 e. The van der Waals surface area contributed by atoms with Gasteiger partial charge in [0.25, 0.3) is 0 Å². The van der Waals surface area contributed by atoms with Gasteiger partial charge in [0.05, 0.1) is 19.5 Å². The maximum absolute atomic E-state index is 13.0. The number of hydrogen-bond donors (Lipinski definition) is 2.